The first-order valence-electron chi connectivity index (χ1n) is 6.02. The van der Waals surface area contributed by atoms with E-state index in [0.29, 0.717) is 13.0 Å². The molecule has 2 aliphatic rings. The topological polar surface area (TPSA) is 109 Å². The third-order valence-electron chi connectivity index (χ3n) is 3.52. The maximum absolute atomic E-state index is 12.2. The van der Waals surface area contributed by atoms with E-state index in [2.05, 4.69) is 15.1 Å². The summed E-state index contributed by atoms with van der Waals surface area (Å²) in [7, 11) is 0. The highest BCUT2D eigenvalue weighted by Gasteiger charge is 2.51. The molecule has 1 unspecified atom stereocenters. The maximum Gasteiger partial charge on any atom is 0.335 e. The van der Waals surface area contributed by atoms with Crippen LogP contribution < -0.4 is 16.3 Å². The van der Waals surface area contributed by atoms with Crippen LogP contribution in [0.15, 0.2) is 27.6 Å². The van der Waals surface area contributed by atoms with Crippen molar-refractivity contribution in [3.05, 3.63) is 34.4 Å². The summed E-state index contributed by atoms with van der Waals surface area (Å²) in [6.45, 7) is 0.439. The Bertz CT molecular complexity index is 647. The molecule has 0 aliphatic carbocycles. The summed E-state index contributed by atoms with van der Waals surface area (Å²) in [5, 5.41) is 4.73. The second-order valence-corrected chi connectivity index (χ2v) is 4.81. The molecule has 4 amide bonds. The molecular weight excluding hydrogens is 266 g/mol. The Hall–Kier alpha value is -2.64. The van der Waals surface area contributed by atoms with Crippen molar-refractivity contribution in [3.63, 3.8) is 0 Å². The second kappa shape index (κ2) is 4.19. The number of nitrogens with one attached hydrogen (secondary N) is 2. The number of amides is 4. The maximum atomic E-state index is 12.2. The van der Waals surface area contributed by atoms with Crippen LogP contribution in [-0.2, 0) is 4.79 Å². The molecule has 2 aliphatic heterocycles. The van der Waals surface area contributed by atoms with Crippen LogP contribution in [0.4, 0.5) is 4.79 Å². The van der Waals surface area contributed by atoms with Crippen molar-refractivity contribution < 1.29 is 18.8 Å². The number of carbonyl (C=O) groups is 3. The average molecular weight is 277 g/mol. The van der Waals surface area contributed by atoms with Crippen molar-refractivity contribution in [2.75, 3.05) is 13.1 Å². The average Bonchev–Trinajstić information content (AvgIpc) is 2.95. The van der Waals surface area contributed by atoms with Gasteiger partial charge >= 0.3 is 11.7 Å². The Morgan fingerprint density at radius 3 is 2.70 bits per heavy atom. The molecule has 104 valence electrons. The molecular formula is C12H11N3O5. The highest BCUT2D eigenvalue weighted by Crippen LogP contribution is 2.25. The van der Waals surface area contributed by atoms with E-state index in [4.69, 9.17) is 0 Å². The van der Waals surface area contributed by atoms with E-state index >= 15 is 0 Å². The van der Waals surface area contributed by atoms with Gasteiger partial charge in [-0.2, -0.15) is 0 Å². The van der Waals surface area contributed by atoms with Gasteiger partial charge in [0.2, 0.25) is 0 Å². The summed E-state index contributed by atoms with van der Waals surface area (Å²) in [4.78, 5) is 47.5. The molecule has 0 radical (unpaired) electrons. The first-order valence-corrected chi connectivity index (χ1v) is 6.02. The highest BCUT2D eigenvalue weighted by atomic mass is 16.4. The Morgan fingerprint density at radius 2 is 2.10 bits per heavy atom. The van der Waals surface area contributed by atoms with Crippen molar-refractivity contribution in [2.24, 2.45) is 0 Å². The predicted molar refractivity (Wildman–Crippen MR) is 64.9 cm³/mol. The molecule has 0 aromatic carbocycles. The van der Waals surface area contributed by atoms with Gasteiger partial charge in [-0.1, -0.05) is 0 Å². The normalized spacial score (nSPS) is 24.9. The number of nitrogens with zero attached hydrogens (tertiary/aromatic N) is 1. The fourth-order valence-corrected chi connectivity index (χ4v) is 2.46. The van der Waals surface area contributed by atoms with Crippen LogP contribution in [0.25, 0.3) is 0 Å². The van der Waals surface area contributed by atoms with Crippen LogP contribution in [0, 0.1) is 0 Å². The van der Waals surface area contributed by atoms with Crippen molar-refractivity contribution in [3.8, 4) is 0 Å². The van der Waals surface area contributed by atoms with Crippen LogP contribution in [0.3, 0.4) is 0 Å². The van der Waals surface area contributed by atoms with Gasteiger partial charge in [0.05, 0.1) is 12.1 Å². The minimum atomic E-state index is -1.04. The lowest BCUT2D eigenvalue weighted by Crippen LogP contribution is -2.49. The number of urea groups is 1. The molecule has 2 saturated heterocycles. The van der Waals surface area contributed by atoms with Crippen LogP contribution in [0.2, 0.25) is 0 Å². The highest BCUT2D eigenvalue weighted by molar-refractivity contribution is 6.08. The molecule has 3 rings (SSSR count). The predicted octanol–water partition coefficient (Wildman–Crippen LogP) is -0.936. The van der Waals surface area contributed by atoms with Gasteiger partial charge in [0.15, 0.2) is 0 Å². The zero-order chi connectivity index (χ0) is 14.3. The van der Waals surface area contributed by atoms with Crippen LogP contribution in [0.5, 0.6) is 0 Å². The summed E-state index contributed by atoms with van der Waals surface area (Å²) < 4.78 is 4.64. The summed E-state index contributed by atoms with van der Waals surface area (Å²) in [6.07, 6.45) is 1.44. The molecule has 1 aromatic heterocycles. The summed E-state index contributed by atoms with van der Waals surface area (Å²) in [5.41, 5.74) is -1.35. The van der Waals surface area contributed by atoms with Gasteiger partial charge in [-0.3, -0.25) is 14.9 Å². The first-order chi connectivity index (χ1) is 9.50. The quantitative estimate of drug-likeness (QED) is 0.644. The second-order valence-electron chi connectivity index (χ2n) is 4.81. The van der Waals surface area contributed by atoms with Gasteiger partial charge in [0.25, 0.3) is 11.8 Å². The third-order valence-corrected chi connectivity index (χ3v) is 3.52. The van der Waals surface area contributed by atoms with E-state index in [9.17, 15) is 19.2 Å². The third kappa shape index (κ3) is 1.85. The smallest absolute Gasteiger partial charge is 0.335 e. The van der Waals surface area contributed by atoms with E-state index in [-0.39, 0.29) is 18.0 Å². The van der Waals surface area contributed by atoms with E-state index < -0.39 is 23.1 Å². The Kier molecular flexibility index (Phi) is 2.60. The number of hydrogen-bond acceptors (Lipinski definition) is 5. The Balaban J connectivity index is 1.79. The molecule has 1 aromatic rings. The molecule has 8 nitrogen and oxygen atoms in total. The van der Waals surface area contributed by atoms with Crippen molar-refractivity contribution >= 4 is 17.8 Å². The zero-order valence-corrected chi connectivity index (χ0v) is 10.3. The molecule has 3 heterocycles. The number of carbonyl (C=O) groups excluding carboxylic acids is 3. The fourth-order valence-electron chi connectivity index (χ4n) is 2.46. The van der Waals surface area contributed by atoms with Gasteiger partial charge < -0.3 is 14.6 Å². The number of likely N-dealkylation sites (tertiary alicyclic amines) is 1. The van der Waals surface area contributed by atoms with Crippen molar-refractivity contribution in [1.82, 2.24) is 15.5 Å². The molecule has 1 spiro atoms. The van der Waals surface area contributed by atoms with Gasteiger partial charge in [-0.05, 0) is 12.5 Å². The fraction of sp³-hybridized carbons (Fsp3) is 0.333. The summed E-state index contributed by atoms with van der Waals surface area (Å²) >= 11 is 0. The monoisotopic (exact) mass is 277 g/mol. The number of imide groups is 1. The minimum Gasteiger partial charge on any atom is -0.430 e. The van der Waals surface area contributed by atoms with E-state index in [1.54, 1.807) is 0 Å². The largest absolute Gasteiger partial charge is 0.430 e. The van der Waals surface area contributed by atoms with Gasteiger partial charge in [-0.15, -0.1) is 0 Å². The van der Waals surface area contributed by atoms with Crippen molar-refractivity contribution in [1.29, 1.82) is 0 Å². The molecule has 20 heavy (non-hydrogen) atoms. The summed E-state index contributed by atoms with van der Waals surface area (Å²) in [5.74, 6) is -0.767. The van der Waals surface area contributed by atoms with Gasteiger partial charge in [0, 0.05) is 12.6 Å². The van der Waals surface area contributed by atoms with E-state index in [0.717, 1.165) is 12.3 Å². The Morgan fingerprint density at radius 1 is 1.30 bits per heavy atom. The summed E-state index contributed by atoms with van der Waals surface area (Å²) in [6, 6.07) is 1.98. The van der Waals surface area contributed by atoms with E-state index in [1.165, 1.54) is 11.0 Å². The van der Waals surface area contributed by atoms with E-state index in [1.807, 2.05) is 0 Å². The van der Waals surface area contributed by atoms with Crippen LogP contribution in [0.1, 0.15) is 16.8 Å². The molecule has 2 N–H and O–H groups in total. The number of rotatable bonds is 1. The molecule has 2 fully saturated rings. The standard InChI is InChI=1S/C12H11N3O5/c16-8-2-1-7(5-20-8)9(17)15-4-3-12(6-15)10(18)13-11(19)14-12/h1-2,5H,3-4,6H2,(H2,13,14,18,19). The lowest BCUT2D eigenvalue weighted by atomic mass is 9.99. The minimum absolute atomic E-state index is 0.0997. The van der Waals surface area contributed by atoms with Crippen LogP contribution in [-0.4, -0.2) is 41.4 Å². The number of hydrogen-bond donors (Lipinski definition) is 2. The first kappa shape index (κ1) is 12.4. The molecule has 1 atom stereocenters. The van der Waals surface area contributed by atoms with Gasteiger partial charge in [0.1, 0.15) is 11.8 Å². The molecule has 0 saturated carbocycles. The zero-order valence-electron chi connectivity index (χ0n) is 10.3. The lowest BCUT2D eigenvalue weighted by Gasteiger charge is -2.20. The molecule has 8 heteroatoms. The van der Waals surface area contributed by atoms with Gasteiger partial charge in [-0.25, -0.2) is 9.59 Å². The Labute approximate surface area is 112 Å². The molecule has 0 bridgehead atoms. The lowest BCUT2D eigenvalue weighted by molar-refractivity contribution is -0.123. The SMILES string of the molecule is O=C1NC(=O)C2(CCN(C(=O)c3ccc(=O)oc3)C2)N1. The van der Waals surface area contributed by atoms with Crippen molar-refractivity contribution in [2.45, 2.75) is 12.0 Å². The van der Waals surface area contributed by atoms with Crippen LogP contribution >= 0.6 is 0 Å².